The molecule has 0 aliphatic carbocycles. The highest BCUT2D eigenvalue weighted by atomic mass is 16.5. The van der Waals surface area contributed by atoms with Crippen molar-refractivity contribution < 1.29 is 9.53 Å². The predicted octanol–water partition coefficient (Wildman–Crippen LogP) is 4.18. The quantitative estimate of drug-likeness (QED) is 0.376. The number of hydrogen-bond acceptors (Lipinski definition) is 6. The molecule has 33 heavy (non-hydrogen) atoms. The van der Waals surface area contributed by atoms with Crippen LogP contribution in [0, 0.1) is 0 Å². The maximum atomic E-state index is 12.4. The average molecular weight is 445 g/mol. The summed E-state index contributed by atoms with van der Waals surface area (Å²) in [6.45, 7) is 5.18. The first kappa shape index (κ1) is 22.3. The van der Waals surface area contributed by atoms with E-state index in [-0.39, 0.29) is 11.8 Å². The molecule has 0 saturated carbocycles. The third-order valence-electron chi connectivity index (χ3n) is 5.53. The monoisotopic (exact) mass is 444 g/mol. The summed E-state index contributed by atoms with van der Waals surface area (Å²) < 4.78 is 7.02. The molecule has 4 aromatic rings. The molecule has 8 heteroatoms. The van der Waals surface area contributed by atoms with Gasteiger partial charge in [-0.05, 0) is 36.8 Å². The van der Waals surface area contributed by atoms with Gasteiger partial charge in [-0.1, -0.05) is 38.1 Å². The Hall–Kier alpha value is -3.94. The fraction of sp³-hybridized carbons (Fsp3) is 0.280. The molecule has 2 N–H and O–H groups in total. The fourth-order valence-corrected chi connectivity index (χ4v) is 3.44. The van der Waals surface area contributed by atoms with E-state index in [2.05, 4.69) is 29.6 Å². The Bertz CT molecular complexity index is 1240. The Morgan fingerprint density at radius 1 is 1.09 bits per heavy atom. The number of nitrogens with zero attached hydrogens (tertiary/aromatic N) is 4. The fourth-order valence-electron chi connectivity index (χ4n) is 3.44. The second kappa shape index (κ2) is 10.1. The SMILES string of the molecule is CCC(C)c1nc(NCCNC(=O)c2cccc(OC)c2)c2cnn(-c3ccccc3)c2n1. The van der Waals surface area contributed by atoms with Gasteiger partial charge in [-0.15, -0.1) is 0 Å². The predicted molar refractivity (Wildman–Crippen MR) is 129 cm³/mol. The number of methoxy groups -OCH3 is 1. The first-order valence-electron chi connectivity index (χ1n) is 11.1. The van der Waals surface area contributed by atoms with Crippen molar-refractivity contribution in [3.8, 4) is 11.4 Å². The lowest BCUT2D eigenvalue weighted by Gasteiger charge is -2.13. The van der Waals surface area contributed by atoms with Crippen molar-refractivity contribution in [2.45, 2.75) is 26.2 Å². The van der Waals surface area contributed by atoms with Gasteiger partial charge in [-0.25, -0.2) is 14.6 Å². The van der Waals surface area contributed by atoms with Crippen LogP contribution in [0.2, 0.25) is 0 Å². The van der Waals surface area contributed by atoms with Gasteiger partial charge in [0.05, 0.1) is 24.4 Å². The molecule has 4 rings (SSSR count). The molecule has 0 fully saturated rings. The number of hydrogen-bond donors (Lipinski definition) is 2. The average Bonchev–Trinajstić information content (AvgIpc) is 3.30. The molecular formula is C25H28N6O2. The second-order valence-corrected chi connectivity index (χ2v) is 7.78. The van der Waals surface area contributed by atoms with Crippen LogP contribution >= 0.6 is 0 Å². The summed E-state index contributed by atoms with van der Waals surface area (Å²) >= 11 is 0. The van der Waals surface area contributed by atoms with Crippen LogP contribution in [0.4, 0.5) is 5.82 Å². The lowest BCUT2D eigenvalue weighted by atomic mass is 10.1. The van der Waals surface area contributed by atoms with Crippen molar-refractivity contribution in [3.63, 3.8) is 0 Å². The zero-order valence-electron chi connectivity index (χ0n) is 19.1. The number of carbonyl (C=O) groups is 1. The highest BCUT2D eigenvalue weighted by Crippen LogP contribution is 2.26. The summed E-state index contributed by atoms with van der Waals surface area (Å²) in [6.07, 6.45) is 2.71. The van der Waals surface area contributed by atoms with Crippen LogP contribution in [0.5, 0.6) is 5.75 Å². The van der Waals surface area contributed by atoms with E-state index in [0.29, 0.717) is 30.2 Å². The van der Waals surface area contributed by atoms with Crippen LogP contribution in [-0.2, 0) is 0 Å². The van der Waals surface area contributed by atoms with E-state index in [4.69, 9.17) is 14.7 Å². The van der Waals surface area contributed by atoms with Gasteiger partial charge >= 0.3 is 0 Å². The van der Waals surface area contributed by atoms with Crippen molar-refractivity contribution in [1.82, 2.24) is 25.1 Å². The molecule has 1 amide bonds. The number of anilines is 1. The van der Waals surface area contributed by atoms with Crippen LogP contribution in [0.15, 0.2) is 60.8 Å². The zero-order chi connectivity index (χ0) is 23.2. The number of amides is 1. The minimum atomic E-state index is -0.152. The summed E-state index contributed by atoms with van der Waals surface area (Å²) in [7, 11) is 1.58. The lowest BCUT2D eigenvalue weighted by molar-refractivity contribution is 0.0955. The van der Waals surface area contributed by atoms with E-state index >= 15 is 0 Å². The van der Waals surface area contributed by atoms with Gasteiger partial charge < -0.3 is 15.4 Å². The van der Waals surface area contributed by atoms with Gasteiger partial charge in [-0.3, -0.25) is 4.79 Å². The number of nitrogens with one attached hydrogen (secondary N) is 2. The second-order valence-electron chi connectivity index (χ2n) is 7.78. The Morgan fingerprint density at radius 2 is 1.91 bits per heavy atom. The van der Waals surface area contributed by atoms with E-state index in [1.807, 2.05) is 41.1 Å². The molecule has 2 heterocycles. The van der Waals surface area contributed by atoms with Crippen molar-refractivity contribution >= 4 is 22.8 Å². The van der Waals surface area contributed by atoms with E-state index in [0.717, 1.165) is 29.0 Å². The third kappa shape index (κ3) is 4.95. The summed E-state index contributed by atoms with van der Waals surface area (Å²) in [5, 5.41) is 11.7. The molecule has 170 valence electrons. The van der Waals surface area contributed by atoms with Crippen molar-refractivity contribution in [3.05, 3.63) is 72.2 Å². The number of benzene rings is 2. The van der Waals surface area contributed by atoms with Gasteiger partial charge in [0.2, 0.25) is 0 Å². The number of fused-ring (bicyclic) bond motifs is 1. The lowest BCUT2D eigenvalue weighted by Crippen LogP contribution is -2.29. The van der Waals surface area contributed by atoms with Gasteiger partial charge in [0.25, 0.3) is 5.91 Å². The highest BCUT2D eigenvalue weighted by molar-refractivity contribution is 5.94. The molecule has 0 radical (unpaired) electrons. The first-order valence-corrected chi connectivity index (χ1v) is 11.1. The molecular weight excluding hydrogens is 416 g/mol. The molecule has 0 bridgehead atoms. The van der Waals surface area contributed by atoms with E-state index < -0.39 is 0 Å². The first-order chi connectivity index (χ1) is 16.1. The minimum absolute atomic E-state index is 0.152. The molecule has 0 aliphatic rings. The van der Waals surface area contributed by atoms with Crippen LogP contribution in [0.3, 0.4) is 0 Å². The van der Waals surface area contributed by atoms with Gasteiger partial charge in [0, 0.05) is 24.6 Å². The smallest absolute Gasteiger partial charge is 0.251 e. The standard InChI is InChI=1S/C25H28N6O2/c1-4-17(2)22-29-23(21-16-28-31(24(21)30-22)19-10-6-5-7-11-19)26-13-14-27-25(32)18-9-8-12-20(15-18)33-3/h5-12,15-17H,4,13-14H2,1-3H3,(H,27,32)(H,26,29,30). The van der Waals surface area contributed by atoms with Crippen LogP contribution in [-0.4, -0.2) is 45.9 Å². The summed E-state index contributed by atoms with van der Waals surface area (Å²) in [4.78, 5) is 22.0. The molecule has 0 aliphatic heterocycles. The van der Waals surface area contributed by atoms with Crippen LogP contribution in [0.1, 0.15) is 42.4 Å². The Labute approximate surface area is 193 Å². The van der Waals surface area contributed by atoms with Gasteiger partial charge in [0.1, 0.15) is 17.4 Å². The highest BCUT2D eigenvalue weighted by Gasteiger charge is 2.16. The summed E-state index contributed by atoms with van der Waals surface area (Å²) in [6, 6.07) is 17.0. The maximum Gasteiger partial charge on any atom is 0.251 e. The topological polar surface area (TPSA) is 94.0 Å². The third-order valence-corrected chi connectivity index (χ3v) is 5.53. The molecule has 8 nitrogen and oxygen atoms in total. The number of carbonyl (C=O) groups excluding carboxylic acids is 1. The zero-order valence-corrected chi connectivity index (χ0v) is 19.1. The number of rotatable bonds is 9. The van der Waals surface area contributed by atoms with Crippen molar-refractivity contribution in [2.24, 2.45) is 0 Å². The molecule has 0 saturated heterocycles. The number of aromatic nitrogens is 4. The van der Waals surface area contributed by atoms with Gasteiger partial charge in [0.15, 0.2) is 5.65 Å². The normalized spacial score (nSPS) is 11.8. The van der Waals surface area contributed by atoms with Gasteiger partial charge in [-0.2, -0.15) is 5.10 Å². The minimum Gasteiger partial charge on any atom is -0.497 e. The Morgan fingerprint density at radius 3 is 2.67 bits per heavy atom. The number of ether oxygens (including phenoxy) is 1. The number of para-hydroxylation sites is 1. The van der Waals surface area contributed by atoms with Crippen LogP contribution in [0.25, 0.3) is 16.7 Å². The molecule has 0 spiro atoms. The Kier molecular flexibility index (Phi) is 6.83. The van der Waals surface area contributed by atoms with E-state index in [1.165, 1.54) is 0 Å². The molecule has 1 atom stereocenters. The molecule has 2 aromatic heterocycles. The van der Waals surface area contributed by atoms with Crippen LogP contribution < -0.4 is 15.4 Å². The van der Waals surface area contributed by atoms with E-state index in [9.17, 15) is 4.79 Å². The Balaban J connectivity index is 1.52. The summed E-state index contributed by atoms with van der Waals surface area (Å²) in [5.74, 6) is 2.19. The van der Waals surface area contributed by atoms with Crippen molar-refractivity contribution in [2.75, 3.05) is 25.5 Å². The molecule has 1 unspecified atom stereocenters. The van der Waals surface area contributed by atoms with Crippen molar-refractivity contribution in [1.29, 1.82) is 0 Å². The summed E-state index contributed by atoms with van der Waals surface area (Å²) in [5.41, 5.74) is 2.26. The molecule has 2 aromatic carbocycles. The maximum absolute atomic E-state index is 12.4. The van der Waals surface area contributed by atoms with E-state index in [1.54, 1.807) is 31.5 Å². The largest absolute Gasteiger partial charge is 0.497 e.